The molecule has 3 aromatic carbocycles. The number of rotatable bonds is 7. The summed E-state index contributed by atoms with van der Waals surface area (Å²) in [4.78, 5) is 24.4. The van der Waals surface area contributed by atoms with E-state index in [0.29, 0.717) is 22.0 Å². The quantitative estimate of drug-likeness (QED) is 0.417. The van der Waals surface area contributed by atoms with Gasteiger partial charge in [-0.2, -0.15) is 5.10 Å². The molecule has 0 aliphatic rings. The molecule has 0 fully saturated rings. The molecule has 0 bridgehead atoms. The van der Waals surface area contributed by atoms with Crippen LogP contribution in [0.25, 0.3) is 0 Å². The number of halogens is 1. The second kappa shape index (κ2) is 10.4. The van der Waals surface area contributed by atoms with Crippen molar-refractivity contribution < 1.29 is 14.3 Å². The summed E-state index contributed by atoms with van der Waals surface area (Å²) in [6.07, 6.45) is 0.219. The number of anilines is 1. The van der Waals surface area contributed by atoms with Gasteiger partial charge in [-0.25, -0.2) is 5.43 Å². The third-order valence-corrected chi connectivity index (χ3v) is 4.79. The first-order valence-corrected chi connectivity index (χ1v) is 9.96. The number of ether oxygens (including phenoxy) is 1. The predicted molar refractivity (Wildman–Crippen MR) is 123 cm³/mol. The van der Waals surface area contributed by atoms with Gasteiger partial charge in [-0.1, -0.05) is 35.9 Å². The summed E-state index contributed by atoms with van der Waals surface area (Å²) in [7, 11) is 1.60. The van der Waals surface area contributed by atoms with Crippen molar-refractivity contribution in [1.29, 1.82) is 0 Å². The maximum atomic E-state index is 12.3. The summed E-state index contributed by atoms with van der Waals surface area (Å²) in [5.41, 5.74) is 6.09. The van der Waals surface area contributed by atoms with Crippen LogP contribution in [0.1, 0.15) is 28.4 Å². The number of hydrogen-bond acceptors (Lipinski definition) is 4. The molecule has 158 valence electrons. The number of methoxy groups -OCH3 is 1. The van der Waals surface area contributed by atoms with Gasteiger partial charge in [0.1, 0.15) is 5.75 Å². The first-order chi connectivity index (χ1) is 14.9. The van der Waals surface area contributed by atoms with Crippen LogP contribution in [0.15, 0.2) is 77.9 Å². The largest absolute Gasteiger partial charge is 0.497 e. The van der Waals surface area contributed by atoms with Crippen molar-refractivity contribution >= 4 is 34.8 Å². The van der Waals surface area contributed by atoms with E-state index in [-0.39, 0.29) is 18.2 Å². The number of nitrogens with zero attached hydrogens (tertiary/aromatic N) is 1. The van der Waals surface area contributed by atoms with E-state index in [0.717, 1.165) is 16.9 Å². The molecule has 0 saturated carbocycles. The van der Waals surface area contributed by atoms with Crippen LogP contribution in [-0.2, 0) is 11.2 Å². The average Bonchev–Trinajstić information content (AvgIpc) is 2.79. The first kappa shape index (κ1) is 22.1. The lowest BCUT2D eigenvalue weighted by atomic mass is 10.1. The Morgan fingerprint density at radius 2 is 1.52 bits per heavy atom. The Kier molecular flexibility index (Phi) is 7.40. The van der Waals surface area contributed by atoms with E-state index in [9.17, 15) is 9.59 Å². The van der Waals surface area contributed by atoms with E-state index in [2.05, 4.69) is 15.8 Å². The van der Waals surface area contributed by atoms with Gasteiger partial charge < -0.3 is 10.1 Å². The number of amides is 2. The van der Waals surface area contributed by atoms with Crippen LogP contribution in [0.5, 0.6) is 5.75 Å². The van der Waals surface area contributed by atoms with Crippen molar-refractivity contribution in [3.05, 3.63) is 94.5 Å². The van der Waals surface area contributed by atoms with Gasteiger partial charge >= 0.3 is 0 Å². The summed E-state index contributed by atoms with van der Waals surface area (Å²) in [5.74, 6) is 0.308. The van der Waals surface area contributed by atoms with E-state index in [4.69, 9.17) is 16.3 Å². The minimum Gasteiger partial charge on any atom is -0.497 e. The van der Waals surface area contributed by atoms with Crippen molar-refractivity contribution in [2.45, 2.75) is 13.3 Å². The molecule has 0 saturated heterocycles. The van der Waals surface area contributed by atoms with Gasteiger partial charge in [0.05, 0.1) is 19.2 Å². The zero-order chi connectivity index (χ0) is 22.2. The van der Waals surface area contributed by atoms with E-state index < -0.39 is 0 Å². The summed E-state index contributed by atoms with van der Waals surface area (Å²) in [6.45, 7) is 1.80. The number of carbonyl (C=O) groups is 2. The van der Waals surface area contributed by atoms with E-state index in [1.165, 1.54) is 0 Å². The molecule has 0 unspecified atom stereocenters. The molecule has 6 nitrogen and oxygen atoms in total. The van der Waals surface area contributed by atoms with Crippen LogP contribution < -0.4 is 15.5 Å². The molecule has 0 aliphatic carbocycles. The van der Waals surface area contributed by atoms with Gasteiger partial charge in [0.15, 0.2) is 0 Å². The molecule has 2 amide bonds. The second-order valence-electron chi connectivity index (χ2n) is 6.80. The highest BCUT2D eigenvalue weighted by molar-refractivity contribution is 6.30. The molecule has 0 heterocycles. The van der Waals surface area contributed by atoms with E-state index in [1.54, 1.807) is 50.4 Å². The number of benzene rings is 3. The van der Waals surface area contributed by atoms with Crippen LogP contribution in [0.4, 0.5) is 5.69 Å². The third kappa shape index (κ3) is 6.42. The number of nitrogens with one attached hydrogen (secondary N) is 2. The topological polar surface area (TPSA) is 79.8 Å². The van der Waals surface area contributed by atoms with Crippen molar-refractivity contribution in [2.75, 3.05) is 12.4 Å². The fourth-order valence-electron chi connectivity index (χ4n) is 2.78. The number of hydrazone groups is 1. The smallest absolute Gasteiger partial charge is 0.255 e. The molecular weight excluding hydrogens is 414 g/mol. The monoisotopic (exact) mass is 435 g/mol. The zero-order valence-electron chi connectivity index (χ0n) is 17.2. The van der Waals surface area contributed by atoms with Gasteiger partial charge in [0, 0.05) is 16.3 Å². The first-order valence-electron chi connectivity index (χ1n) is 9.58. The van der Waals surface area contributed by atoms with Crippen LogP contribution in [0.2, 0.25) is 5.02 Å². The summed E-state index contributed by atoms with van der Waals surface area (Å²) in [6, 6.07) is 21.2. The van der Waals surface area contributed by atoms with Crippen molar-refractivity contribution in [2.24, 2.45) is 5.10 Å². The fourth-order valence-corrected chi connectivity index (χ4v) is 2.90. The van der Waals surface area contributed by atoms with E-state index >= 15 is 0 Å². The third-order valence-electron chi connectivity index (χ3n) is 4.54. The van der Waals surface area contributed by atoms with Gasteiger partial charge in [0.25, 0.3) is 5.91 Å². The van der Waals surface area contributed by atoms with Crippen LogP contribution >= 0.6 is 11.6 Å². The van der Waals surface area contributed by atoms with Crippen molar-refractivity contribution in [3.63, 3.8) is 0 Å². The van der Waals surface area contributed by atoms with Gasteiger partial charge in [-0.05, 0) is 66.6 Å². The lowest BCUT2D eigenvalue weighted by Crippen LogP contribution is -2.21. The van der Waals surface area contributed by atoms with Crippen LogP contribution in [-0.4, -0.2) is 24.6 Å². The average molecular weight is 436 g/mol. The molecule has 0 radical (unpaired) electrons. The molecule has 0 atom stereocenters. The standard InChI is InChI=1S/C24H22ClN3O3/c1-16(27-28-23(29)15-17-3-13-22(31-2)14-4-17)18-7-11-21(12-8-18)26-24(30)19-5-9-20(25)10-6-19/h3-14H,15H2,1-2H3,(H,26,30)(H,28,29)/b27-16-. The molecule has 0 spiro atoms. The molecule has 2 N–H and O–H groups in total. The highest BCUT2D eigenvalue weighted by atomic mass is 35.5. The zero-order valence-corrected chi connectivity index (χ0v) is 17.9. The highest BCUT2D eigenvalue weighted by Crippen LogP contribution is 2.14. The molecule has 31 heavy (non-hydrogen) atoms. The Labute approximate surface area is 185 Å². The number of hydrogen-bond donors (Lipinski definition) is 2. The molecule has 0 aliphatic heterocycles. The summed E-state index contributed by atoms with van der Waals surface area (Å²) >= 11 is 5.85. The maximum absolute atomic E-state index is 12.3. The van der Waals surface area contributed by atoms with Crippen molar-refractivity contribution in [3.8, 4) is 5.75 Å². The van der Waals surface area contributed by atoms with Crippen LogP contribution in [0.3, 0.4) is 0 Å². The van der Waals surface area contributed by atoms with Gasteiger partial charge in [-0.15, -0.1) is 0 Å². The Morgan fingerprint density at radius 1 is 0.903 bits per heavy atom. The molecule has 3 rings (SSSR count). The van der Waals surface area contributed by atoms with E-state index in [1.807, 2.05) is 36.4 Å². The molecular formula is C24H22ClN3O3. The SMILES string of the molecule is COc1ccc(CC(=O)N/N=C(/C)c2ccc(NC(=O)c3ccc(Cl)cc3)cc2)cc1. The van der Waals surface area contributed by atoms with Crippen molar-refractivity contribution in [1.82, 2.24) is 5.43 Å². The normalized spacial score (nSPS) is 11.0. The highest BCUT2D eigenvalue weighted by Gasteiger charge is 2.07. The van der Waals surface area contributed by atoms with Crippen LogP contribution in [0, 0.1) is 0 Å². The summed E-state index contributed by atoms with van der Waals surface area (Å²) in [5, 5.41) is 7.57. The van der Waals surface area contributed by atoms with Gasteiger partial charge in [-0.3, -0.25) is 9.59 Å². The Morgan fingerprint density at radius 3 is 2.13 bits per heavy atom. The minimum absolute atomic E-state index is 0.212. The molecule has 0 aromatic heterocycles. The second-order valence-corrected chi connectivity index (χ2v) is 7.23. The Hall–Kier alpha value is -3.64. The number of carbonyl (C=O) groups excluding carboxylic acids is 2. The maximum Gasteiger partial charge on any atom is 0.255 e. The Balaban J connectivity index is 1.55. The summed E-state index contributed by atoms with van der Waals surface area (Å²) < 4.78 is 5.11. The van der Waals surface area contributed by atoms with Gasteiger partial charge in [0.2, 0.25) is 5.91 Å². The fraction of sp³-hybridized carbons (Fsp3) is 0.125. The molecule has 7 heteroatoms. The minimum atomic E-state index is -0.222. The predicted octanol–water partition coefficient (Wildman–Crippen LogP) is 4.68. The lowest BCUT2D eigenvalue weighted by Gasteiger charge is -2.07. The lowest BCUT2D eigenvalue weighted by molar-refractivity contribution is -0.120. The Bertz CT molecular complexity index is 1080. The molecule has 3 aromatic rings.